The van der Waals surface area contributed by atoms with Crippen LogP contribution in [0.15, 0.2) is 42.7 Å². The van der Waals surface area contributed by atoms with Gasteiger partial charge in [-0.2, -0.15) is 0 Å². The van der Waals surface area contributed by atoms with E-state index in [2.05, 4.69) is 10.3 Å². The number of hydrogen-bond acceptors (Lipinski definition) is 7. The second kappa shape index (κ2) is 9.95. The van der Waals surface area contributed by atoms with E-state index in [-0.39, 0.29) is 35.1 Å². The maximum absolute atomic E-state index is 12.7. The molecule has 1 saturated heterocycles. The molecule has 10 nitrogen and oxygen atoms in total. The van der Waals surface area contributed by atoms with Gasteiger partial charge >= 0.3 is 0 Å². The first-order valence-corrected chi connectivity index (χ1v) is 11.2. The quantitative estimate of drug-likeness (QED) is 0.523. The highest BCUT2D eigenvalue weighted by Gasteiger charge is 2.28. The van der Waals surface area contributed by atoms with E-state index in [0.29, 0.717) is 37.4 Å². The predicted octanol–water partition coefficient (Wildman–Crippen LogP) is 1.95. The van der Waals surface area contributed by atoms with Gasteiger partial charge in [0.1, 0.15) is 5.69 Å². The van der Waals surface area contributed by atoms with Gasteiger partial charge in [-0.1, -0.05) is 0 Å². The van der Waals surface area contributed by atoms with E-state index in [0.717, 1.165) is 25.7 Å². The number of anilines is 1. The molecular formula is C23H28N6O4. The average Bonchev–Trinajstić information content (AvgIpc) is 2.85. The highest BCUT2D eigenvalue weighted by Crippen LogP contribution is 2.30. The van der Waals surface area contributed by atoms with Gasteiger partial charge in [-0.15, -0.1) is 0 Å². The molecule has 2 amide bonds. The number of amides is 2. The van der Waals surface area contributed by atoms with E-state index < -0.39 is 4.92 Å². The number of nitrogens with zero attached hydrogens (tertiary/aromatic N) is 4. The van der Waals surface area contributed by atoms with Crippen LogP contribution in [-0.4, -0.2) is 64.9 Å². The number of carbonyl (C=O) groups excluding carboxylic acids is 2. The monoisotopic (exact) mass is 452 g/mol. The van der Waals surface area contributed by atoms with E-state index in [1.807, 2.05) is 4.90 Å². The summed E-state index contributed by atoms with van der Waals surface area (Å²) in [6.45, 7) is 1.80. The summed E-state index contributed by atoms with van der Waals surface area (Å²) in [7, 11) is 0. The molecule has 4 rings (SSSR count). The summed E-state index contributed by atoms with van der Waals surface area (Å²) in [5.74, 6) is -0.412. The fourth-order valence-corrected chi connectivity index (χ4v) is 4.43. The molecule has 1 aliphatic carbocycles. The molecule has 2 fully saturated rings. The van der Waals surface area contributed by atoms with Crippen LogP contribution in [0.5, 0.6) is 0 Å². The number of nitrogens with two attached hydrogens (primary N) is 1. The molecule has 2 aliphatic rings. The molecule has 2 aromatic rings. The Morgan fingerprint density at radius 3 is 2.42 bits per heavy atom. The summed E-state index contributed by atoms with van der Waals surface area (Å²) < 4.78 is 0. The molecule has 174 valence electrons. The molecule has 2 heterocycles. The zero-order valence-corrected chi connectivity index (χ0v) is 18.4. The molecule has 0 atom stereocenters. The van der Waals surface area contributed by atoms with Gasteiger partial charge in [-0.25, -0.2) is 0 Å². The molecule has 0 unspecified atom stereocenters. The third-order valence-corrected chi connectivity index (χ3v) is 6.36. The molecule has 1 aromatic carbocycles. The van der Waals surface area contributed by atoms with Crippen molar-refractivity contribution < 1.29 is 14.5 Å². The van der Waals surface area contributed by atoms with E-state index >= 15 is 0 Å². The average molecular weight is 453 g/mol. The first kappa shape index (κ1) is 22.7. The lowest BCUT2D eigenvalue weighted by Crippen LogP contribution is -2.49. The molecule has 1 aliphatic heterocycles. The highest BCUT2D eigenvalue weighted by molar-refractivity contribution is 5.96. The minimum atomic E-state index is -0.459. The zero-order valence-electron chi connectivity index (χ0n) is 18.4. The van der Waals surface area contributed by atoms with Gasteiger partial charge in [-0.05, 0) is 49.9 Å². The van der Waals surface area contributed by atoms with E-state index in [1.165, 1.54) is 12.3 Å². The largest absolute Gasteiger partial charge is 0.362 e. The lowest BCUT2D eigenvalue weighted by Gasteiger charge is -2.35. The number of piperazine rings is 1. The van der Waals surface area contributed by atoms with Crippen molar-refractivity contribution in [2.75, 3.05) is 31.1 Å². The lowest BCUT2D eigenvalue weighted by molar-refractivity contribution is -0.384. The third kappa shape index (κ3) is 5.28. The van der Waals surface area contributed by atoms with Crippen molar-refractivity contribution in [2.45, 2.75) is 37.8 Å². The van der Waals surface area contributed by atoms with Crippen LogP contribution in [-0.2, 0) is 0 Å². The SMILES string of the molecule is NC1CCC(NC(=O)c2ccc(N3CCN(C(=O)c4cccnc4)CC3)c([N+](=O)[O-])c2)CC1. The van der Waals surface area contributed by atoms with Crippen LogP contribution in [0.1, 0.15) is 46.4 Å². The van der Waals surface area contributed by atoms with Gasteiger partial charge in [0.15, 0.2) is 0 Å². The molecule has 1 aromatic heterocycles. The number of pyridine rings is 1. The first-order valence-electron chi connectivity index (χ1n) is 11.2. The van der Waals surface area contributed by atoms with Crippen LogP contribution in [0.2, 0.25) is 0 Å². The standard InChI is InChI=1S/C23H28N6O4/c24-18-4-6-19(7-5-18)26-22(30)16-3-8-20(21(14-16)29(32)33)27-10-12-28(13-11-27)23(31)17-2-1-9-25-15-17/h1-3,8-9,14-15,18-19H,4-7,10-13,24H2,(H,26,30). The Kier molecular flexibility index (Phi) is 6.83. The lowest BCUT2D eigenvalue weighted by atomic mass is 9.91. The van der Waals surface area contributed by atoms with E-state index in [1.54, 1.807) is 35.4 Å². The molecule has 1 saturated carbocycles. The maximum Gasteiger partial charge on any atom is 0.293 e. The smallest absolute Gasteiger partial charge is 0.293 e. The summed E-state index contributed by atoms with van der Waals surface area (Å²) >= 11 is 0. The van der Waals surface area contributed by atoms with Crippen LogP contribution in [0.3, 0.4) is 0 Å². The molecule has 0 spiro atoms. The zero-order chi connectivity index (χ0) is 23.4. The summed E-state index contributed by atoms with van der Waals surface area (Å²) in [6.07, 6.45) is 6.50. The fraction of sp³-hybridized carbons (Fsp3) is 0.435. The van der Waals surface area contributed by atoms with Crippen LogP contribution in [0.25, 0.3) is 0 Å². The van der Waals surface area contributed by atoms with E-state index in [4.69, 9.17) is 5.73 Å². The Bertz CT molecular complexity index is 1010. The molecule has 0 radical (unpaired) electrons. The Morgan fingerprint density at radius 2 is 1.79 bits per heavy atom. The first-order chi connectivity index (χ1) is 15.9. The number of nitrogens with one attached hydrogen (secondary N) is 1. The van der Waals surface area contributed by atoms with Crippen LogP contribution < -0.4 is 16.0 Å². The number of nitro groups is 1. The van der Waals surface area contributed by atoms with Gasteiger partial charge < -0.3 is 20.9 Å². The maximum atomic E-state index is 12.7. The second-order valence-electron chi connectivity index (χ2n) is 8.57. The normalized spacial score (nSPS) is 20.9. The van der Waals surface area contributed by atoms with Gasteiger partial charge in [0.05, 0.1) is 10.5 Å². The van der Waals surface area contributed by atoms with Crippen LogP contribution in [0.4, 0.5) is 11.4 Å². The van der Waals surface area contributed by atoms with Gasteiger partial charge in [-0.3, -0.25) is 24.7 Å². The minimum absolute atomic E-state index is 0.0430. The van der Waals surface area contributed by atoms with Crippen molar-refractivity contribution in [3.05, 3.63) is 64.0 Å². The minimum Gasteiger partial charge on any atom is -0.362 e. The topological polar surface area (TPSA) is 135 Å². The van der Waals surface area contributed by atoms with Gasteiger partial charge in [0, 0.05) is 62.3 Å². The predicted molar refractivity (Wildman–Crippen MR) is 123 cm³/mol. The van der Waals surface area contributed by atoms with Crippen LogP contribution >= 0.6 is 0 Å². The second-order valence-corrected chi connectivity index (χ2v) is 8.57. The van der Waals surface area contributed by atoms with Crippen LogP contribution in [0, 0.1) is 10.1 Å². The molecule has 33 heavy (non-hydrogen) atoms. The van der Waals surface area contributed by atoms with Gasteiger partial charge in [0.25, 0.3) is 17.5 Å². The molecule has 3 N–H and O–H groups in total. The summed E-state index contributed by atoms with van der Waals surface area (Å²) in [4.78, 5) is 44.2. The highest BCUT2D eigenvalue weighted by atomic mass is 16.6. The third-order valence-electron chi connectivity index (χ3n) is 6.36. The number of hydrogen-bond donors (Lipinski definition) is 2. The fourth-order valence-electron chi connectivity index (χ4n) is 4.43. The van der Waals surface area contributed by atoms with Crippen molar-refractivity contribution >= 4 is 23.2 Å². The van der Waals surface area contributed by atoms with Crippen molar-refractivity contribution in [1.82, 2.24) is 15.2 Å². The van der Waals surface area contributed by atoms with Gasteiger partial charge in [0.2, 0.25) is 0 Å². The summed E-state index contributed by atoms with van der Waals surface area (Å²) in [5, 5.41) is 14.8. The molecule has 0 bridgehead atoms. The van der Waals surface area contributed by atoms with Crippen molar-refractivity contribution in [3.63, 3.8) is 0 Å². The number of nitro benzene ring substituents is 1. The molecular weight excluding hydrogens is 424 g/mol. The number of aromatic nitrogens is 1. The van der Waals surface area contributed by atoms with E-state index in [9.17, 15) is 19.7 Å². The number of rotatable bonds is 5. The Balaban J connectivity index is 1.42. The van der Waals surface area contributed by atoms with Crippen molar-refractivity contribution in [3.8, 4) is 0 Å². The van der Waals surface area contributed by atoms with Crippen molar-refractivity contribution in [1.29, 1.82) is 0 Å². The number of carbonyl (C=O) groups is 2. The van der Waals surface area contributed by atoms with Crippen molar-refractivity contribution in [2.24, 2.45) is 5.73 Å². The Morgan fingerprint density at radius 1 is 1.06 bits per heavy atom. The molecule has 10 heteroatoms. The number of benzene rings is 1. The Hall–Kier alpha value is -3.53. The summed E-state index contributed by atoms with van der Waals surface area (Å²) in [5.41, 5.74) is 7.05. The summed E-state index contributed by atoms with van der Waals surface area (Å²) in [6, 6.07) is 8.25. The Labute approximate surface area is 191 Å².